The first-order chi connectivity index (χ1) is 18.2. The van der Waals surface area contributed by atoms with E-state index in [1.54, 1.807) is 76.7 Å². The molecule has 1 amide bonds. The third-order valence-corrected chi connectivity index (χ3v) is 5.46. The van der Waals surface area contributed by atoms with Gasteiger partial charge >= 0.3 is 12.2 Å². The number of hydrogen-bond donors (Lipinski definition) is 1. The van der Waals surface area contributed by atoms with Gasteiger partial charge in [-0.3, -0.25) is 0 Å². The zero-order chi connectivity index (χ0) is 28.5. The molecule has 204 valence electrons. The lowest BCUT2D eigenvalue weighted by atomic mass is 10.1. The Hall–Kier alpha value is -4.60. The van der Waals surface area contributed by atoms with Gasteiger partial charge in [0.2, 0.25) is 0 Å². The number of anilines is 3. The lowest BCUT2D eigenvalue weighted by Gasteiger charge is -2.27. The van der Waals surface area contributed by atoms with E-state index in [-0.39, 0.29) is 5.82 Å². The zero-order valence-corrected chi connectivity index (χ0v) is 23.3. The predicted molar refractivity (Wildman–Crippen MR) is 150 cm³/mol. The molecule has 39 heavy (non-hydrogen) atoms. The van der Waals surface area contributed by atoms with Crippen molar-refractivity contribution in [1.82, 2.24) is 19.6 Å². The standard InChI is InChI=1S/C29H34N6O4/c1-19-17-21(30)11-14-23(19)34(26(36)38-28(2,3)4)25-18-24(35(32-25)27(37)39-29(5,6)7)20-9-12-22(13-10-20)33-16-8-15-31-33/h8-18H,30H2,1-7H3. The minimum Gasteiger partial charge on any atom is -0.443 e. The first-order valence-corrected chi connectivity index (χ1v) is 12.5. The second-order valence-electron chi connectivity index (χ2n) is 11.1. The molecule has 0 aliphatic rings. The largest absolute Gasteiger partial charge is 0.443 e. The van der Waals surface area contributed by atoms with Crippen LogP contribution in [0.25, 0.3) is 16.9 Å². The van der Waals surface area contributed by atoms with Crippen LogP contribution in [0.4, 0.5) is 26.8 Å². The molecule has 0 radical (unpaired) electrons. The van der Waals surface area contributed by atoms with Gasteiger partial charge in [-0.15, -0.1) is 5.10 Å². The highest BCUT2D eigenvalue weighted by Crippen LogP contribution is 2.34. The van der Waals surface area contributed by atoms with Crippen LogP contribution in [0, 0.1) is 6.92 Å². The zero-order valence-electron chi connectivity index (χ0n) is 23.3. The molecule has 0 saturated heterocycles. The second-order valence-corrected chi connectivity index (χ2v) is 11.1. The monoisotopic (exact) mass is 530 g/mol. The number of ether oxygens (including phenoxy) is 2. The predicted octanol–water partition coefficient (Wildman–Crippen LogP) is 6.48. The highest BCUT2D eigenvalue weighted by molar-refractivity contribution is 5.97. The highest BCUT2D eigenvalue weighted by Gasteiger charge is 2.31. The van der Waals surface area contributed by atoms with Crippen molar-refractivity contribution in [3.63, 3.8) is 0 Å². The van der Waals surface area contributed by atoms with Gasteiger partial charge in [0.05, 0.1) is 17.1 Å². The summed E-state index contributed by atoms with van der Waals surface area (Å²) < 4.78 is 14.3. The maximum absolute atomic E-state index is 13.5. The Morgan fingerprint density at radius 3 is 2.15 bits per heavy atom. The number of amides is 1. The number of aromatic nitrogens is 4. The molecule has 2 aromatic heterocycles. The number of nitrogen functional groups attached to an aromatic ring is 1. The van der Waals surface area contributed by atoms with Gasteiger partial charge in [-0.25, -0.2) is 19.2 Å². The molecule has 4 rings (SSSR count). The Bertz CT molecular complexity index is 1480. The molecule has 0 unspecified atom stereocenters. The second kappa shape index (κ2) is 10.3. The van der Waals surface area contributed by atoms with E-state index in [4.69, 9.17) is 15.2 Å². The highest BCUT2D eigenvalue weighted by atomic mass is 16.6. The van der Waals surface area contributed by atoms with Gasteiger partial charge in [0.1, 0.15) is 11.2 Å². The minimum atomic E-state index is -0.768. The van der Waals surface area contributed by atoms with Crippen molar-refractivity contribution >= 4 is 29.4 Å². The lowest BCUT2D eigenvalue weighted by molar-refractivity contribution is 0.0513. The van der Waals surface area contributed by atoms with Crippen molar-refractivity contribution in [3.05, 3.63) is 72.6 Å². The maximum Gasteiger partial charge on any atom is 0.435 e. The van der Waals surface area contributed by atoms with Crippen LogP contribution < -0.4 is 10.6 Å². The summed E-state index contributed by atoms with van der Waals surface area (Å²) in [6, 6.07) is 16.1. The average molecular weight is 531 g/mol. The van der Waals surface area contributed by atoms with E-state index in [2.05, 4.69) is 10.2 Å². The number of hydrogen-bond acceptors (Lipinski definition) is 7. The van der Waals surface area contributed by atoms with Crippen LogP contribution in [0.15, 0.2) is 67.0 Å². The van der Waals surface area contributed by atoms with Gasteiger partial charge < -0.3 is 15.2 Å². The molecular formula is C29H34N6O4. The molecule has 4 aromatic rings. The smallest absolute Gasteiger partial charge is 0.435 e. The Morgan fingerprint density at radius 2 is 1.59 bits per heavy atom. The molecule has 2 aromatic carbocycles. The van der Waals surface area contributed by atoms with Crippen LogP contribution in [0.5, 0.6) is 0 Å². The first-order valence-electron chi connectivity index (χ1n) is 12.5. The van der Waals surface area contributed by atoms with Crippen LogP contribution in [0.1, 0.15) is 47.1 Å². The fourth-order valence-electron chi connectivity index (χ4n) is 3.89. The summed E-state index contributed by atoms with van der Waals surface area (Å²) in [6.07, 6.45) is 2.20. The summed E-state index contributed by atoms with van der Waals surface area (Å²) in [5.41, 5.74) is 8.23. The summed E-state index contributed by atoms with van der Waals surface area (Å²) in [4.78, 5) is 28.2. The van der Waals surface area contributed by atoms with E-state index in [1.807, 2.05) is 43.5 Å². The third kappa shape index (κ3) is 6.46. The third-order valence-electron chi connectivity index (χ3n) is 5.46. The molecule has 2 heterocycles. The minimum absolute atomic E-state index is 0.189. The van der Waals surface area contributed by atoms with E-state index in [9.17, 15) is 9.59 Å². The number of benzene rings is 2. The molecule has 0 atom stereocenters. The van der Waals surface area contributed by atoms with Gasteiger partial charge in [0.25, 0.3) is 0 Å². The number of aryl methyl sites for hydroxylation is 1. The average Bonchev–Trinajstić information content (AvgIpc) is 3.49. The lowest BCUT2D eigenvalue weighted by Crippen LogP contribution is -2.34. The van der Waals surface area contributed by atoms with Crippen molar-refractivity contribution in [2.45, 2.75) is 59.7 Å². The molecule has 0 aliphatic carbocycles. The SMILES string of the molecule is Cc1cc(N)ccc1N(C(=O)OC(C)(C)C)c1cc(-c2ccc(-n3cccn3)cc2)n(C(=O)OC(C)(C)C)n1. The molecule has 0 spiro atoms. The Morgan fingerprint density at radius 1 is 0.923 bits per heavy atom. The molecule has 0 bridgehead atoms. The topological polar surface area (TPSA) is 118 Å². The van der Waals surface area contributed by atoms with Crippen molar-refractivity contribution in [2.24, 2.45) is 0 Å². The summed E-state index contributed by atoms with van der Waals surface area (Å²) in [7, 11) is 0. The quantitative estimate of drug-likeness (QED) is 0.300. The van der Waals surface area contributed by atoms with Gasteiger partial charge in [-0.05, 0) is 90.4 Å². The fraction of sp³-hybridized carbons (Fsp3) is 0.310. The van der Waals surface area contributed by atoms with Crippen LogP contribution >= 0.6 is 0 Å². The first kappa shape index (κ1) is 27.4. The molecule has 10 heteroatoms. The van der Waals surface area contributed by atoms with E-state index in [0.717, 1.165) is 15.9 Å². The van der Waals surface area contributed by atoms with Crippen molar-refractivity contribution in [3.8, 4) is 16.9 Å². The summed E-state index contributed by atoms with van der Waals surface area (Å²) in [5, 5.41) is 8.81. The van der Waals surface area contributed by atoms with Gasteiger partial charge in [0.15, 0.2) is 5.82 Å². The number of carbonyl (C=O) groups is 2. The molecule has 10 nitrogen and oxygen atoms in total. The Balaban J connectivity index is 1.86. The number of rotatable bonds is 4. The summed E-state index contributed by atoms with van der Waals surface area (Å²) in [6.45, 7) is 12.5. The molecular weight excluding hydrogens is 496 g/mol. The molecule has 0 fully saturated rings. The fourth-order valence-corrected chi connectivity index (χ4v) is 3.89. The number of nitrogens with zero attached hydrogens (tertiary/aromatic N) is 5. The Kier molecular flexibility index (Phi) is 7.23. The Labute approximate surface area is 227 Å². The van der Waals surface area contributed by atoms with E-state index in [0.29, 0.717) is 22.6 Å². The van der Waals surface area contributed by atoms with Gasteiger partial charge in [-0.1, -0.05) is 12.1 Å². The molecule has 0 aliphatic heterocycles. The van der Waals surface area contributed by atoms with Crippen molar-refractivity contribution in [1.29, 1.82) is 0 Å². The van der Waals surface area contributed by atoms with Crippen molar-refractivity contribution in [2.75, 3.05) is 10.6 Å². The van der Waals surface area contributed by atoms with Crippen LogP contribution in [0.3, 0.4) is 0 Å². The van der Waals surface area contributed by atoms with Crippen LogP contribution in [-0.2, 0) is 9.47 Å². The van der Waals surface area contributed by atoms with Crippen molar-refractivity contribution < 1.29 is 19.1 Å². The maximum atomic E-state index is 13.5. The van der Waals surface area contributed by atoms with Gasteiger partial charge in [-0.2, -0.15) is 9.78 Å². The summed E-state index contributed by atoms with van der Waals surface area (Å²) in [5.74, 6) is 0.189. The van der Waals surface area contributed by atoms with E-state index in [1.165, 1.54) is 4.90 Å². The van der Waals surface area contributed by atoms with E-state index < -0.39 is 23.4 Å². The normalized spacial score (nSPS) is 11.8. The molecule has 0 saturated carbocycles. The van der Waals surface area contributed by atoms with Gasteiger partial charge in [0, 0.05) is 29.7 Å². The summed E-state index contributed by atoms with van der Waals surface area (Å²) >= 11 is 0. The number of nitrogens with two attached hydrogens (primary N) is 1. The van der Waals surface area contributed by atoms with Crippen LogP contribution in [0.2, 0.25) is 0 Å². The number of carbonyl (C=O) groups excluding carboxylic acids is 2. The molecule has 2 N–H and O–H groups in total. The van der Waals surface area contributed by atoms with E-state index >= 15 is 0 Å². The van der Waals surface area contributed by atoms with Crippen LogP contribution in [-0.4, -0.2) is 42.9 Å².